The van der Waals surface area contributed by atoms with Crippen LogP contribution < -0.4 is 0 Å². The van der Waals surface area contributed by atoms with Crippen molar-refractivity contribution in [1.82, 2.24) is 15.2 Å². The van der Waals surface area contributed by atoms with Gasteiger partial charge in [0.15, 0.2) is 11.6 Å². The topological polar surface area (TPSA) is 54.7 Å². The molecule has 3 aromatic rings. The number of rotatable bonds is 3. The highest BCUT2D eigenvalue weighted by atomic mass is 16.3. The van der Waals surface area contributed by atoms with Gasteiger partial charge in [0.05, 0.1) is 11.8 Å². The highest BCUT2D eigenvalue weighted by molar-refractivity contribution is 5.62. The molecule has 0 amide bonds. The van der Waals surface area contributed by atoms with E-state index in [0.29, 0.717) is 5.82 Å². The Labute approximate surface area is 105 Å². The third kappa shape index (κ3) is 1.82. The van der Waals surface area contributed by atoms with Crippen molar-refractivity contribution in [2.75, 3.05) is 0 Å². The highest BCUT2D eigenvalue weighted by Gasteiger charge is 2.12. The van der Waals surface area contributed by atoms with Crippen LogP contribution in [0.3, 0.4) is 0 Å². The zero-order valence-corrected chi connectivity index (χ0v) is 10.1. The van der Waals surface area contributed by atoms with Gasteiger partial charge in [0.2, 0.25) is 0 Å². The predicted molar refractivity (Wildman–Crippen MR) is 68.9 cm³/mol. The van der Waals surface area contributed by atoms with Gasteiger partial charge in [0, 0.05) is 12.0 Å². The van der Waals surface area contributed by atoms with Crippen LogP contribution in [-0.4, -0.2) is 15.2 Å². The third-order valence-corrected chi connectivity index (χ3v) is 2.84. The Morgan fingerprint density at radius 2 is 2.00 bits per heavy atom. The van der Waals surface area contributed by atoms with E-state index in [0.717, 1.165) is 29.1 Å². The number of nitrogens with zero attached hydrogens (tertiary/aromatic N) is 2. The van der Waals surface area contributed by atoms with E-state index < -0.39 is 0 Å². The number of hydrogen-bond acceptors (Lipinski definition) is 3. The third-order valence-electron chi connectivity index (χ3n) is 2.84. The van der Waals surface area contributed by atoms with Crippen molar-refractivity contribution in [2.24, 2.45) is 0 Å². The summed E-state index contributed by atoms with van der Waals surface area (Å²) < 4.78 is 5.40. The SMILES string of the molecule is CCc1occc1-c1nc(-c2ccccc2)n[nH]1. The van der Waals surface area contributed by atoms with Crippen molar-refractivity contribution in [2.45, 2.75) is 13.3 Å². The second-order valence-electron chi connectivity index (χ2n) is 3.98. The van der Waals surface area contributed by atoms with Crippen LogP contribution in [0.1, 0.15) is 12.7 Å². The molecule has 0 aliphatic heterocycles. The number of furan rings is 1. The number of H-pyrrole nitrogens is 1. The van der Waals surface area contributed by atoms with Gasteiger partial charge in [0.25, 0.3) is 0 Å². The molecule has 0 atom stereocenters. The fourth-order valence-corrected chi connectivity index (χ4v) is 1.92. The van der Waals surface area contributed by atoms with E-state index in [-0.39, 0.29) is 0 Å². The highest BCUT2D eigenvalue weighted by Crippen LogP contribution is 2.24. The molecule has 0 aliphatic carbocycles. The number of aromatic amines is 1. The van der Waals surface area contributed by atoms with E-state index in [2.05, 4.69) is 22.1 Å². The van der Waals surface area contributed by atoms with Gasteiger partial charge >= 0.3 is 0 Å². The first-order valence-corrected chi connectivity index (χ1v) is 5.93. The van der Waals surface area contributed by atoms with Crippen LogP contribution in [0, 0.1) is 0 Å². The van der Waals surface area contributed by atoms with Crippen molar-refractivity contribution in [3.63, 3.8) is 0 Å². The van der Waals surface area contributed by atoms with Crippen LogP contribution in [0.2, 0.25) is 0 Å². The standard InChI is InChI=1S/C14H13N3O/c1-2-12-11(8-9-18-12)14-15-13(16-17-14)10-6-4-3-5-7-10/h3-9H,2H2,1H3,(H,15,16,17). The smallest absolute Gasteiger partial charge is 0.181 e. The maximum Gasteiger partial charge on any atom is 0.181 e. The van der Waals surface area contributed by atoms with Crippen molar-refractivity contribution in [3.8, 4) is 22.8 Å². The molecule has 4 heteroatoms. The van der Waals surface area contributed by atoms with E-state index >= 15 is 0 Å². The van der Waals surface area contributed by atoms with Crippen LogP contribution in [0.5, 0.6) is 0 Å². The summed E-state index contributed by atoms with van der Waals surface area (Å²) in [6, 6.07) is 11.8. The molecule has 2 aromatic heterocycles. The minimum atomic E-state index is 0.703. The van der Waals surface area contributed by atoms with Crippen molar-refractivity contribution < 1.29 is 4.42 Å². The minimum Gasteiger partial charge on any atom is -0.469 e. The first-order chi connectivity index (χ1) is 8.88. The maximum atomic E-state index is 5.40. The average Bonchev–Trinajstić information content (AvgIpc) is 3.08. The molecule has 0 spiro atoms. The van der Waals surface area contributed by atoms with E-state index in [9.17, 15) is 0 Å². The lowest BCUT2D eigenvalue weighted by Gasteiger charge is -1.94. The van der Waals surface area contributed by atoms with E-state index in [1.54, 1.807) is 6.26 Å². The molecule has 0 radical (unpaired) electrons. The Hall–Kier alpha value is -2.36. The van der Waals surface area contributed by atoms with Crippen molar-refractivity contribution in [1.29, 1.82) is 0 Å². The Kier molecular flexibility index (Phi) is 2.68. The van der Waals surface area contributed by atoms with Gasteiger partial charge in [-0.25, -0.2) is 4.98 Å². The number of nitrogens with one attached hydrogen (secondary N) is 1. The van der Waals surface area contributed by atoms with Crippen LogP contribution in [-0.2, 0) is 6.42 Å². The van der Waals surface area contributed by atoms with Gasteiger partial charge in [-0.05, 0) is 6.07 Å². The monoisotopic (exact) mass is 239 g/mol. The van der Waals surface area contributed by atoms with Gasteiger partial charge in [0.1, 0.15) is 5.76 Å². The zero-order valence-electron chi connectivity index (χ0n) is 10.1. The summed E-state index contributed by atoms with van der Waals surface area (Å²) in [7, 11) is 0. The Morgan fingerprint density at radius 1 is 1.17 bits per heavy atom. The van der Waals surface area contributed by atoms with Crippen LogP contribution in [0.15, 0.2) is 47.1 Å². The molecule has 0 saturated carbocycles. The fraction of sp³-hybridized carbons (Fsp3) is 0.143. The summed E-state index contributed by atoms with van der Waals surface area (Å²) in [4.78, 5) is 4.50. The second kappa shape index (κ2) is 4.49. The molecule has 0 bridgehead atoms. The Morgan fingerprint density at radius 3 is 2.78 bits per heavy atom. The van der Waals surface area contributed by atoms with Crippen LogP contribution in [0.25, 0.3) is 22.8 Å². The molecule has 0 aliphatic rings. The van der Waals surface area contributed by atoms with Gasteiger partial charge < -0.3 is 4.42 Å². The lowest BCUT2D eigenvalue weighted by Crippen LogP contribution is -1.84. The summed E-state index contributed by atoms with van der Waals surface area (Å²) in [5, 5.41) is 7.20. The Balaban J connectivity index is 2.00. The number of hydrogen-bond donors (Lipinski definition) is 1. The molecule has 1 N–H and O–H groups in total. The quantitative estimate of drug-likeness (QED) is 0.763. The molecule has 0 fully saturated rings. The second-order valence-corrected chi connectivity index (χ2v) is 3.98. The average molecular weight is 239 g/mol. The molecule has 3 rings (SSSR count). The number of aromatic nitrogens is 3. The molecule has 18 heavy (non-hydrogen) atoms. The molecule has 0 saturated heterocycles. The van der Waals surface area contributed by atoms with E-state index in [1.165, 1.54) is 0 Å². The molecular formula is C14H13N3O. The predicted octanol–water partition coefficient (Wildman–Crippen LogP) is 3.29. The summed E-state index contributed by atoms with van der Waals surface area (Å²) in [6.45, 7) is 2.05. The van der Waals surface area contributed by atoms with Crippen molar-refractivity contribution in [3.05, 3.63) is 48.4 Å². The van der Waals surface area contributed by atoms with Gasteiger partial charge in [-0.2, -0.15) is 5.10 Å². The van der Waals surface area contributed by atoms with Crippen LogP contribution in [0.4, 0.5) is 0 Å². The lowest BCUT2D eigenvalue weighted by atomic mass is 10.2. The van der Waals surface area contributed by atoms with Gasteiger partial charge in [-0.3, -0.25) is 5.10 Å². The van der Waals surface area contributed by atoms with Gasteiger partial charge in [-0.1, -0.05) is 37.3 Å². The summed E-state index contributed by atoms with van der Waals surface area (Å²) >= 11 is 0. The summed E-state index contributed by atoms with van der Waals surface area (Å²) in [5.41, 5.74) is 1.98. The largest absolute Gasteiger partial charge is 0.469 e. The molecular weight excluding hydrogens is 226 g/mol. The molecule has 2 heterocycles. The molecule has 4 nitrogen and oxygen atoms in total. The van der Waals surface area contributed by atoms with Gasteiger partial charge in [-0.15, -0.1) is 0 Å². The maximum absolute atomic E-state index is 5.40. The molecule has 0 unspecified atom stereocenters. The van der Waals surface area contributed by atoms with Crippen LogP contribution >= 0.6 is 0 Å². The normalized spacial score (nSPS) is 10.7. The Bertz CT molecular complexity index is 640. The summed E-state index contributed by atoms with van der Waals surface area (Å²) in [5.74, 6) is 2.37. The summed E-state index contributed by atoms with van der Waals surface area (Å²) in [6.07, 6.45) is 2.52. The number of benzene rings is 1. The van der Waals surface area contributed by atoms with E-state index in [1.807, 2.05) is 36.4 Å². The zero-order chi connectivity index (χ0) is 12.4. The molecule has 90 valence electrons. The van der Waals surface area contributed by atoms with E-state index in [4.69, 9.17) is 4.42 Å². The molecule has 1 aromatic carbocycles. The minimum absolute atomic E-state index is 0.703. The lowest BCUT2D eigenvalue weighted by molar-refractivity contribution is 0.517. The first-order valence-electron chi connectivity index (χ1n) is 5.93. The number of aryl methyl sites for hydroxylation is 1. The first kappa shape index (κ1) is 10.8. The fourth-order valence-electron chi connectivity index (χ4n) is 1.92. The van der Waals surface area contributed by atoms with Crippen molar-refractivity contribution >= 4 is 0 Å².